The number of methoxy groups -OCH3 is 2. The molecule has 0 radical (unpaired) electrons. The van der Waals surface area contributed by atoms with E-state index in [1.54, 1.807) is 24.3 Å². The van der Waals surface area contributed by atoms with Crippen molar-refractivity contribution in [3.05, 3.63) is 55.5 Å². The van der Waals surface area contributed by atoms with Gasteiger partial charge in [0.2, 0.25) is 0 Å². The van der Waals surface area contributed by atoms with Crippen molar-refractivity contribution in [3.8, 4) is 11.5 Å². The molecule has 2 aromatic carbocycles. The van der Waals surface area contributed by atoms with Gasteiger partial charge in [-0.05, 0) is 38.1 Å². The maximum Gasteiger partial charge on any atom is 0.162 e. The lowest BCUT2D eigenvalue weighted by atomic mass is 10.1. The van der Waals surface area contributed by atoms with E-state index in [9.17, 15) is 9.59 Å². The van der Waals surface area contributed by atoms with Crippen LogP contribution >= 0.6 is 46.4 Å². The molecule has 0 aromatic heterocycles. The highest BCUT2D eigenvalue weighted by atomic mass is 35.5. The molecule has 140 valence electrons. The monoisotopic (exact) mass is 436 g/mol. The summed E-state index contributed by atoms with van der Waals surface area (Å²) in [6.07, 6.45) is 0. The highest BCUT2D eigenvalue weighted by Crippen LogP contribution is 2.31. The summed E-state index contributed by atoms with van der Waals surface area (Å²) in [7, 11) is 3.02. The Balaban J connectivity index is 0.000000260. The Morgan fingerprint density at radius 2 is 0.885 bits per heavy atom. The summed E-state index contributed by atoms with van der Waals surface area (Å²) < 4.78 is 9.86. The summed E-state index contributed by atoms with van der Waals surface area (Å²) >= 11 is 23.3. The second-order valence-electron chi connectivity index (χ2n) is 5.04. The van der Waals surface area contributed by atoms with Crippen LogP contribution in [0.25, 0.3) is 0 Å². The van der Waals surface area contributed by atoms with Crippen molar-refractivity contribution in [1.82, 2.24) is 0 Å². The van der Waals surface area contributed by atoms with Crippen LogP contribution in [0.1, 0.15) is 34.6 Å². The van der Waals surface area contributed by atoms with E-state index < -0.39 is 0 Å². The van der Waals surface area contributed by atoms with Crippen molar-refractivity contribution in [1.29, 1.82) is 0 Å². The molecule has 0 aliphatic rings. The number of halogens is 4. The normalized spacial score (nSPS) is 9.85. The first-order valence-electron chi connectivity index (χ1n) is 7.20. The fourth-order valence-electron chi connectivity index (χ4n) is 2.01. The van der Waals surface area contributed by atoms with Crippen LogP contribution in [0, 0.1) is 0 Å². The van der Waals surface area contributed by atoms with Crippen LogP contribution in [0.2, 0.25) is 20.1 Å². The number of ether oxygens (including phenoxy) is 2. The van der Waals surface area contributed by atoms with Gasteiger partial charge < -0.3 is 9.47 Å². The molecule has 4 nitrogen and oxygen atoms in total. The third kappa shape index (κ3) is 5.78. The average molecular weight is 438 g/mol. The molecule has 0 bridgehead atoms. The Kier molecular flexibility index (Phi) is 8.71. The SMILES string of the molecule is COc1cc(Cl)c(C(C)=O)c(Cl)c1.COc1cc(Cl)c(C(C)=O)c(Cl)c1. The van der Waals surface area contributed by atoms with Gasteiger partial charge in [-0.3, -0.25) is 9.59 Å². The second-order valence-corrected chi connectivity index (χ2v) is 6.67. The number of carbonyl (C=O) groups excluding carboxylic acids is 2. The topological polar surface area (TPSA) is 52.6 Å². The molecule has 2 aromatic rings. The Labute approximate surface area is 171 Å². The van der Waals surface area contributed by atoms with E-state index in [2.05, 4.69) is 0 Å². The molecule has 0 saturated heterocycles. The Morgan fingerprint density at radius 1 is 0.654 bits per heavy atom. The van der Waals surface area contributed by atoms with Crippen LogP contribution < -0.4 is 9.47 Å². The van der Waals surface area contributed by atoms with Gasteiger partial charge in [0.25, 0.3) is 0 Å². The average Bonchev–Trinajstić information content (AvgIpc) is 2.53. The van der Waals surface area contributed by atoms with Gasteiger partial charge >= 0.3 is 0 Å². The zero-order valence-electron chi connectivity index (χ0n) is 14.5. The van der Waals surface area contributed by atoms with Crippen molar-refractivity contribution >= 4 is 58.0 Å². The van der Waals surface area contributed by atoms with E-state index in [1.165, 1.54) is 28.1 Å². The molecule has 0 amide bonds. The van der Waals surface area contributed by atoms with Crippen molar-refractivity contribution in [2.24, 2.45) is 0 Å². The van der Waals surface area contributed by atoms with E-state index in [0.717, 1.165) is 0 Å². The summed E-state index contributed by atoms with van der Waals surface area (Å²) in [5.41, 5.74) is 0.674. The summed E-state index contributed by atoms with van der Waals surface area (Å²) in [5, 5.41) is 1.27. The number of Topliss-reactive ketones (excluding diaryl/α,β-unsaturated/α-hetero) is 2. The van der Waals surface area contributed by atoms with E-state index in [4.69, 9.17) is 55.9 Å². The Bertz CT molecular complexity index is 718. The maximum absolute atomic E-state index is 11.1. The molecule has 0 heterocycles. The molecular weight excluding hydrogens is 422 g/mol. The van der Waals surface area contributed by atoms with Gasteiger partial charge in [0, 0.05) is 0 Å². The Morgan fingerprint density at radius 3 is 1.04 bits per heavy atom. The van der Waals surface area contributed by atoms with Crippen molar-refractivity contribution in [2.45, 2.75) is 13.8 Å². The van der Waals surface area contributed by atoms with Crippen molar-refractivity contribution < 1.29 is 19.1 Å². The molecule has 0 aliphatic heterocycles. The molecule has 2 rings (SSSR count). The molecule has 0 fully saturated rings. The maximum atomic E-state index is 11.1. The van der Waals surface area contributed by atoms with Crippen LogP contribution in [-0.2, 0) is 0 Å². The van der Waals surface area contributed by atoms with Gasteiger partial charge in [0.05, 0.1) is 45.4 Å². The quantitative estimate of drug-likeness (QED) is 0.518. The summed E-state index contributed by atoms with van der Waals surface area (Å²) in [6.45, 7) is 2.83. The fraction of sp³-hybridized carbons (Fsp3) is 0.222. The molecule has 0 atom stereocenters. The lowest BCUT2D eigenvalue weighted by Crippen LogP contribution is -1.95. The molecule has 8 heteroatoms. The van der Waals surface area contributed by atoms with Crippen LogP contribution in [0.5, 0.6) is 11.5 Å². The predicted molar refractivity (Wildman–Crippen MR) is 106 cm³/mol. The molecule has 0 aliphatic carbocycles. The first-order valence-corrected chi connectivity index (χ1v) is 8.71. The first kappa shape index (κ1) is 22.6. The number of benzene rings is 2. The zero-order chi connectivity index (χ0) is 20.0. The molecule has 0 saturated carbocycles. The third-order valence-electron chi connectivity index (χ3n) is 3.21. The number of ketones is 2. The predicted octanol–water partition coefficient (Wildman–Crippen LogP) is 6.41. The lowest BCUT2D eigenvalue weighted by Gasteiger charge is -2.06. The first-order chi connectivity index (χ1) is 12.1. The lowest BCUT2D eigenvalue weighted by molar-refractivity contribution is 0.100. The third-order valence-corrected chi connectivity index (χ3v) is 4.40. The Hall–Kier alpha value is -1.46. The van der Waals surface area contributed by atoms with E-state index >= 15 is 0 Å². The standard InChI is InChI=1S/2C9H8Cl2O2/c2*1-5(12)9-7(10)3-6(13-2)4-8(9)11/h2*3-4H,1-2H3. The molecule has 0 spiro atoms. The minimum atomic E-state index is -0.155. The van der Waals surface area contributed by atoms with Crippen LogP contribution in [0.15, 0.2) is 24.3 Å². The van der Waals surface area contributed by atoms with Gasteiger partial charge in [0.1, 0.15) is 11.5 Å². The van der Waals surface area contributed by atoms with Gasteiger partial charge in [-0.1, -0.05) is 46.4 Å². The number of carbonyl (C=O) groups is 2. The van der Waals surface area contributed by atoms with Crippen LogP contribution in [0.3, 0.4) is 0 Å². The van der Waals surface area contributed by atoms with Crippen molar-refractivity contribution in [2.75, 3.05) is 14.2 Å². The van der Waals surface area contributed by atoms with E-state index in [-0.39, 0.29) is 11.6 Å². The van der Waals surface area contributed by atoms with Gasteiger partial charge in [-0.25, -0.2) is 0 Å². The molecular formula is C18H16Cl4O4. The van der Waals surface area contributed by atoms with Gasteiger partial charge in [-0.2, -0.15) is 0 Å². The summed E-state index contributed by atoms with van der Waals surface area (Å²) in [6, 6.07) is 6.24. The number of rotatable bonds is 4. The minimum absolute atomic E-state index is 0.155. The van der Waals surface area contributed by atoms with Crippen LogP contribution in [-0.4, -0.2) is 25.8 Å². The van der Waals surface area contributed by atoms with Crippen molar-refractivity contribution in [3.63, 3.8) is 0 Å². The molecule has 0 unspecified atom stereocenters. The number of hydrogen-bond donors (Lipinski definition) is 0. The smallest absolute Gasteiger partial charge is 0.162 e. The van der Waals surface area contributed by atoms with Crippen LogP contribution in [0.4, 0.5) is 0 Å². The largest absolute Gasteiger partial charge is 0.497 e. The van der Waals surface area contributed by atoms with E-state index in [0.29, 0.717) is 42.7 Å². The van der Waals surface area contributed by atoms with Gasteiger partial charge in [0.15, 0.2) is 11.6 Å². The highest BCUT2D eigenvalue weighted by Gasteiger charge is 2.13. The highest BCUT2D eigenvalue weighted by molar-refractivity contribution is 6.40. The fourth-order valence-corrected chi connectivity index (χ4v) is 3.47. The zero-order valence-corrected chi connectivity index (χ0v) is 17.5. The van der Waals surface area contributed by atoms with E-state index in [1.807, 2.05) is 0 Å². The summed E-state index contributed by atoms with van der Waals surface area (Å²) in [4.78, 5) is 22.2. The number of hydrogen-bond acceptors (Lipinski definition) is 4. The minimum Gasteiger partial charge on any atom is -0.497 e. The molecule has 26 heavy (non-hydrogen) atoms. The molecule has 0 N–H and O–H groups in total. The second kappa shape index (κ2) is 10.0. The van der Waals surface area contributed by atoms with Gasteiger partial charge in [-0.15, -0.1) is 0 Å². The summed E-state index contributed by atoms with van der Waals surface area (Å²) in [5.74, 6) is 0.773.